The van der Waals surface area contributed by atoms with E-state index in [0.29, 0.717) is 13.1 Å². The summed E-state index contributed by atoms with van der Waals surface area (Å²) in [6.45, 7) is 5.04. The van der Waals surface area contributed by atoms with Crippen LogP contribution < -0.4 is 10.6 Å². The Morgan fingerprint density at radius 2 is 2.00 bits per heavy atom. The summed E-state index contributed by atoms with van der Waals surface area (Å²) in [5, 5.41) is 6.40. The van der Waals surface area contributed by atoms with Gasteiger partial charge >= 0.3 is 6.03 Å². The molecule has 1 fully saturated rings. The van der Waals surface area contributed by atoms with Crippen LogP contribution in [0, 0.1) is 6.92 Å². The lowest BCUT2D eigenvalue weighted by Gasteiger charge is -2.26. The van der Waals surface area contributed by atoms with Crippen molar-refractivity contribution >= 4 is 11.7 Å². The van der Waals surface area contributed by atoms with Gasteiger partial charge in [-0.05, 0) is 56.6 Å². The van der Waals surface area contributed by atoms with Gasteiger partial charge in [0.05, 0.1) is 6.04 Å². The number of pyridine rings is 1. The van der Waals surface area contributed by atoms with Crippen LogP contribution in [0.15, 0.2) is 42.7 Å². The van der Waals surface area contributed by atoms with Gasteiger partial charge in [-0.15, -0.1) is 0 Å². The number of carbonyl (C=O) groups excluding carboxylic acids is 1. The Morgan fingerprint density at radius 1 is 1.21 bits per heavy atom. The predicted molar refractivity (Wildman–Crippen MR) is 113 cm³/mol. The van der Waals surface area contributed by atoms with Crippen LogP contribution >= 0.6 is 0 Å². The van der Waals surface area contributed by atoms with E-state index in [0.717, 1.165) is 37.2 Å². The van der Waals surface area contributed by atoms with Gasteiger partial charge in [-0.3, -0.25) is 4.98 Å². The fourth-order valence-corrected chi connectivity index (χ4v) is 3.71. The maximum atomic E-state index is 12.7. The van der Waals surface area contributed by atoms with Crippen LogP contribution in [-0.4, -0.2) is 54.5 Å². The number of aryl methyl sites for hydroxylation is 1. The smallest absolute Gasteiger partial charge is 0.317 e. The molecule has 6 heteroatoms. The molecular weight excluding hydrogens is 350 g/mol. The molecule has 0 spiro atoms. The van der Waals surface area contributed by atoms with Crippen LogP contribution in [0.5, 0.6) is 0 Å². The van der Waals surface area contributed by atoms with Crippen LogP contribution in [0.4, 0.5) is 10.5 Å². The fraction of sp³-hybridized carbons (Fsp3) is 0.455. The molecule has 1 aromatic heterocycles. The molecule has 1 unspecified atom stereocenters. The highest BCUT2D eigenvalue weighted by atomic mass is 16.2. The predicted octanol–water partition coefficient (Wildman–Crippen LogP) is 3.41. The van der Waals surface area contributed by atoms with Gasteiger partial charge in [0, 0.05) is 44.3 Å². The van der Waals surface area contributed by atoms with Gasteiger partial charge in [-0.25, -0.2) is 4.79 Å². The normalized spacial score (nSPS) is 16.4. The SMILES string of the molecule is Cc1cnccc1NCCNC(=O)N1CCCC1c1ccc(CN(C)C)cc1. The third kappa shape index (κ3) is 5.23. The molecule has 0 bridgehead atoms. The van der Waals surface area contributed by atoms with E-state index in [2.05, 4.69) is 58.9 Å². The molecule has 2 amide bonds. The first-order valence-electron chi connectivity index (χ1n) is 9.97. The minimum atomic E-state index is 0.0214. The fourth-order valence-electron chi connectivity index (χ4n) is 3.71. The van der Waals surface area contributed by atoms with Gasteiger partial charge in [0.15, 0.2) is 0 Å². The Labute approximate surface area is 167 Å². The summed E-state index contributed by atoms with van der Waals surface area (Å²) in [6, 6.07) is 10.8. The number of benzene rings is 1. The Morgan fingerprint density at radius 3 is 2.71 bits per heavy atom. The summed E-state index contributed by atoms with van der Waals surface area (Å²) >= 11 is 0. The van der Waals surface area contributed by atoms with Crippen molar-refractivity contribution in [3.63, 3.8) is 0 Å². The minimum Gasteiger partial charge on any atom is -0.383 e. The van der Waals surface area contributed by atoms with E-state index in [1.54, 1.807) is 6.20 Å². The molecular formula is C22H31N5O. The molecule has 1 aromatic carbocycles. The standard InChI is InChI=1S/C22H31N5O/c1-17-15-23-11-10-20(17)24-12-13-25-22(28)27-14-4-5-21(27)19-8-6-18(7-9-19)16-26(2)3/h6-11,15,21H,4-5,12-14,16H2,1-3H3,(H,23,24)(H,25,28). The number of rotatable bonds is 7. The number of amides is 2. The zero-order valence-electron chi connectivity index (χ0n) is 17.1. The first kappa shape index (κ1) is 20.1. The van der Waals surface area contributed by atoms with E-state index in [1.807, 2.05) is 24.1 Å². The average Bonchev–Trinajstić information content (AvgIpc) is 3.16. The van der Waals surface area contributed by atoms with Crippen molar-refractivity contribution in [1.29, 1.82) is 0 Å². The first-order chi connectivity index (χ1) is 13.5. The molecule has 1 atom stereocenters. The quantitative estimate of drug-likeness (QED) is 0.722. The van der Waals surface area contributed by atoms with Gasteiger partial charge < -0.3 is 20.4 Å². The van der Waals surface area contributed by atoms with E-state index < -0.39 is 0 Å². The van der Waals surface area contributed by atoms with Gasteiger partial charge in [0.1, 0.15) is 0 Å². The lowest BCUT2D eigenvalue weighted by atomic mass is 10.0. The molecule has 150 valence electrons. The second kappa shape index (κ2) is 9.55. The van der Waals surface area contributed by atoms with Crippen LogP contribution in [0.25, 0.3) is 0 Å². The Balaban J connectivity index is 1.51. The number of aromatic nitrogens is 1. The average molecular weight is 382 g/mol. The van der Waals surface area contributed by atoms with Crippen molar-refractivity contribution in [2.45, 2.75) is 32.4 Å². The molecule has 1 aliphatic rings. The van der Waals surface area contributed by atoms with Crippen LogP contribution in [0.2, 0.25) is 0 Å². The highest BCUT2D eigenvalue weighted by Crippen LogP contribution is 2.32. The molecule has 6 nitrogen and oxygen atoms in total. The van der Waals surface area contributed by atoms with Gasteiger partial charge in [0.2, 0.25) is 0 Å². The second-order valence-electron chi connectivity index (χ2n) is 7.68. The number of nitrogens with zero attached hydrogens (tertiary/aromatic N) is 3. The molecule has 2 heterocycles. The van der Waals surface area contributed by atoms with E-state index >= 15 is 0 Å². The highest BCUT2D eigenvalue weighted by molar-refractivity contribution is 5.75. The summed E-state index contributed by atoms with van der Waals surface area (Å²) in [7, 11) is 4.14. The van der Waals surface area contributed by atoms with Crippen molar-refractivity contribution in [2.24, 2.45) is 0 Å². The Kier molecular flexibility index (Phi) is 6.87. The van der Waals surface area contributed by atoms with Gasteiger partial charge in [0.25, 0.3) is 0 Å². The van der Waals surface area contributed by atoms with Crippen molar-refractivity contribution in [2.75, 3.05) is 39.0 Å². The van der Waals surface area contributed by atoms with Crippen molar-refractivity contribution in [3.8, 4) is 0 Å². The third-order valence-electron chi connectivity index (χ3n) is 5.11. The lowest BCUT2D eigenvalue weighted by molar-refractivity contribution is 0.193. The van der Waals surface area contributed by atoms with Crippen molar-refractivity contribution < 1.29 is 4.79 Å². The monoisotopic (exact) mass is 381 g/mol. The molecule has 2 N–H and O–H groups in total. The number of urea groups is 1. The summed E-state index contributed by atoms with van der Waals surface area (Å²) < 4.78 is 0. The second-order valence-corrected chi connectivity index (χ2v) is 7.68. The zero-order chi connectivity index (χ0) is 19.9. The molecule has 3 rings (SSSR count). The van der Waals surface area contributed by atoms with E-state index in [1.165, 1.54) is 11.1 Å². The molecule has 0 aliphatic carbocycles. The van der Waals surface area contributed by atoms with Crippen LogP contribution in [0.3, 0.4) is 0 Å². The molecule has 28 heavy (non-hydrogen) atoms. The summed E-state index contributed by atoms with van der Waals surface area (Å²) in [5.41, 5.74) is 4.67. The first-order valence-corrected chi connectivity index (χ1v) is 9.97. The van der Waals surface area contributed by atoms with Crippen LogP contribution in [0.1, 0.15) is 35.6 Å². The highest BCUT2D eigenvalue weighted by Gasteiger charge is 2.29. The van der Waals surface area contributed by atoms with E-state index in [4.69, 9.17) is 0 Å². The number of likely N-dealkylation sites (tertiary alicyclic amines) is 1. The zero-order valence-corrected chi connectivity index (χ0v) is 17.1. The number of carbonyl (C=O) groups is 1. The summed E-state index contributed by atoms with van der Waals surface area (Å²) in [5.74, 6) is 0. The number of hydrogen-bond acceptors (Lipinski definition) is 4. The van der Waals surface area contributed by atoms with E-state index in [-0.39, 0.29) is 12.1 Å². The van der Waals surface area contributed by atoms with Gasteiger partial charge in [-0.1, -0.05) is 24.3 Å². The molecule has 0 saturated carbocycles. The van der Waals surface area contributed by atoms with E-state index in [9.17, 15) is 4.79 Å². The Bertz CT molecular complexity index is 775. The largest absolute Gasteiger partial charge is 0.383 e. The number of nitrogens with one attached hydrogen (secondary N) is 2. The summed E-state index contributed by atoms with van der Waals surface area (Å²) in [6.07, 6.45) is 5.67. The molecule has 1 aliphatic heterocycles. The number of anilines is 1. The topological polar surface area (TPSA) is 60.5 Å². The molecule has 2 aromatic rings. The van der Waals surface area contributed by atoms with Gasteiger partial charge in [-0.2, -0.15) is 0 Å². The maximum Gasteiger partial charge on any atom is 0.317 e. The summed E-state index contributed by atoms with van der Waals surface area (Å²) in [4.78, 5) is 20.9. The van der Waals surface area contributed by atoms with Crippen molar-refractivity contribution in [3.05, 3.63) is 59.4 Å². The molecule has 0 radical (unpaired) electrons. The lowest BCUT2D eigenvalue weighted by Crippen LogP contribution is -2.41. The van der Waals surface area contributed by atoms with Crippen molar-refractivity contribution in [1.82, 2.24) is 20.1 Å². The minimum absolute atomic E-state index is 0.0214. The van der Waals surface area contributed by atoms with Crippen LogP contribution in [-0.2, 0) is 6.54 Å². The maximum absolute atomic E-state index is 12.7. The molecule has 1 saturated heterocycles. The third-order valence-corrected chi connectivity index (χ3v) is 5.11. The Hall–Kier alpha value is -2.60. The number of hydrogen-bond donors (Lipinski definition) is 2.